The Hall–Kier alpha value is -4.78. The van der Waals surface area contributed by atoms with E-state index >= 15 is 0 Å². The van der Waals surface area contributed by atoms with Crippen molar-refractivity contribution in [2.45, 2.75) is 32.0 Å². The van der Waals surface area contributed by atoms with Crippen LogP contribution in [0.25, 0.3) is 39.3 Å². The third-order valence-electron chi connectivity index (χ3n) is 7.54. The lowest BCUT2D eigenvalue weighted by Gasteiger charge is -2.23. The van der Waals surface area contributed by atoms with E-state index in [1.807, 2.05) is 36.4 Å². The number of pyridine rings is 1. The lowest BCUT2D eigenvalue weighted by Crippen LogP contribution is -2.41. The van der Waals surface area contributed by atoms with E-state index in [2.05, 4.69) is 25.4 Å². The Morgan fingerprint density at radius 2 is 1.78 bits per heavy atom. The number of carbonyl (C=O) groups excluding carboxylic acids is 1. The maximum Gasteiger partial charge on any atom is 0.407 e. The van der Waals surface area contributed by atoms with Gasteiger partial charge in [0.05, 0.1) is 29.4 Å². The summed E-state index contributed by atoms with van der Waals surface area (Å²) in [7, 11) is 1.47. The van der Waals surface area contributed by atoms with Crippen LogP contribution < -0.4 is 10.1 Å². The normalized spacial score (nSPS) is 14.5. The van der Waals surface area contributed by atoms with Crippen LogP contribution in [0.5, 0.6) is 5.88 Å². The Morgan fingerprint density at radius 1 is 1.07 bits per heavy atom. The second-order valence-corrected chi connectivity index (χ2v) is 11.2. The molecule has 0 unspecified atom stereocenters. The number of halogens is 2. The Kier molecular flexibility index (Phi) is 8.52. The maximum absolute atomic E-state index is 12.0. The van der Waals surface area contributed by atoms with E-state index in [4.69, 9.17) is 27.9 Å². The van der Waals surface area contributed by atoms with E-state index in [-0.39, 0.29) is 43.3 Å². The molecule has 45 heavy (non-hydrogen) atoms. The van der Waals surface area contributed by atoms with Crippen LogP contribution in [0.1, 0.15) is 24.2 Å². The fourth-order valence-electron chi connectivity index (χ4n) is 5.34. The third kappa shape index (κ3) is 6.12. The standard InChI is InChI=1S/C31H27Cl2N7O5/c1-45-29-17(13-39(31(43)44)15-19-9-11-26(42)35-19)8-10-24(36-29)23-7-3-6-22(28(23)33)21-5-2-4-20(27(21)32)18-12-34-30-37-25(16-41)38-40(30)14-18/h2-8,10,12,14,19,41H,9,11,13,15-16H2,1H3,(H,35,42)(H,43,44)/t19-/m0/s1. The second-order valence-electron chi connectivity index (χ2n) is 10.4. The number of carboxylic acid groups (broad SMARTS) is 1. The zero-order valence-corrected chi connectivity index (χ0v) is 25.5. The minimum Gasteiger partial charge on any atom is -0.481 e. The molecule has 0 radical (unpaired) electrons. The van der Waals surface area contributed by atoms with E-state index < -0.39 is 6.09 Å². The first-order chi connectivity index (χ1) is 21.7. The molecule has 4 heterocycles. The number of amides is 2. The van der Waals surface area contributed by atoms with Crippen molar-refractivity contribution in [1.29, 1.82) is 0 Å². The molecule has 0 aliphatic carbocycles. The van der Waals surface area contributed by atoms with Crippen molar-refractivity contribution in [3.8, 4) is 39.4 Å². The van der Waals surface area contributed by atoms with Crippen molar-refractivity contribution in [3.05, 3.63) is 82.4 Å². The van der Waals surface area contributed by atoms with Crippen LogP contribution in [0, 0.1) is 0 Å². The van der Waals surface area contributed by atoms with Crippen LogP contribution in [0.4, 0.5) is 4.79 Å². The molecule has 1 aliphatic rings. The van der Waals surface area contributed by atoms with Gasteiger partial charge in [0, 0.05) is 64.8 Å². The summed E-state index contributed by atoms with van der Waals surface area (Å²) in [6.07, 6.45) is 3.24. The molecule has 12 nitrogen and oxygen atoms in total. The fraction of sp³-hybridized carbons (Fsp3) is 0.226. The molecule has 3 N–H and O–H groups in total. The minimum absolute atomic E-state index is 0.0326. The molecular weight excluding hydrogens is 621 g/mol. The minimum atomic E-state index is -1.11. The number of aromatic nitrogens is 5. The van der Waals surface area contributed by atoms with Gasteiger partial charge in [-0.3, -0.25) is 4.79 Å². The van der Waals surface area contributed by atoms with Gasteiger partial charge in [-0.05, 0) is 18.6 Å². The summed E-state index contributed by atoms with van der Waals surface area (Å²) in [5, 5.41) is 27.1. The number of nitrogens with zero attached hydrogens (tertiary/aromatic N) is 6. The number of aliphatic hydroxyl groups excluding tert-OH is 1. The lowest BCUT2D eigenvalue weighted by atomic mass is 9.97. The molecular formula is C31H27Cl2N7O5. The number of carbonyl (C=O) groups is 2. The Balaban J connectivity index is 1.31. The quantitative estimate of drug-likeness (QED) is 0.198. The largest absolute Gasteiger partial charge is 0.481 e. The highest BCUT2D eigenvalue weighted by Gasteiger charge is 2.26. The summed E-state index contributed by atoms with van der Waals surface area (Å²) < 4.78 is 7.05. The zero-order chi connectivity index (χ0) is 31.7. The maximum atomic E-state index is 12.0. The average Bonchev–Trinajstić information content (AvgIpc) is 3.66. The molecule has 3 aromatic heterocycles. The molecule has 0 bridgehead atoms. The molecule has 14 heteroatoms. The Morgan fingerprint density at radius 3 is 2.44 bits per heavy atom. The van der Waals surface area contributed by atoms with Crippen molar-refractivity contribution in [2.75, 3.05) is 13.7 Å². The average molecular weight is 649 g/mol. The van der Waals surface area contributed by atoms with E-state index in [9.17, 15) is 19.8 Å². The highest BCUT2D eigenvalue weighted by molar-refractivity contribution is 6.39. The predicted octanol–water partition coefficient (Wildman–Crippen LogP) is 5.09. The number of rotatable bonds is 9. The molecule has 1 fully saturated rings. The van der Waals surface area contributed by atoms with E-state index in [0.717, 1.165) is 0 Å². The summed E-state index contributed by atoms with van der Waals surface area (Å²) in [4.78, 5) is 38.0. The number of hydrogen-bond donors (Lipinski definition) is 3. The number of methoxy groups -OCH3 is 1. The third-order valence-corrected chi connectivity index (χ3v) is 8.36. The molecule has 230 valence electrons. The van der Waals surface area contributed by atoms with Gasteiger partial charge in [0.2, 0.25) is 11.8 Å². The van der Waals surface area contributed by atoms with Crippen LogP contribution >= 0.6 is 23.2 Å². The van der Waals surface area contributed by atoms with Gasteiger partial charge < -0.3 is 25.2 Å². The van der Waals surface area contributed by atoms with Gasteiger partial charge >= 0.3 is 6.09 Å². The van der Waals surface area contributed by atoms with Crippen molar-refractivity contribution in [1.82, 2.24) is 34.8 Å². The van der Waals surface area contributed by atoms with E-state index in [1.54, 1.807) is 24.5 Å². The number of nitrogens with one attached hydrogen (secondary N) is 1. The van der Waals surface area contributed by atoms with Crippen molar-refractivity contribution in [3.63, 3.8) is 0 Å². The summed E-state index contributed by atoms with van der Waals surface area (Å²) in [5.74, 6) is 0.803. The number of hydrogen-bond acceptors (Lipinski definition) is 8. The van der Waals surface area contributed by atoms with Crippen LogP contribution in [-0.4, -0.2) is 71.4 Å². The summed E-state index contributed by atoms with van der Waals surface area (Å²) >= 11 is 14.0. The molecule has 6 rings (SSSR count). The topological polar surface area (TPSA) is 155 Å². The number of aliphatic hydroxyl groups is 1. The molecule has 2 aromatic carbocycles. The first kappa shape index (κ1) is 30.3. The van der Waals surface area contributed by atoms with Gasteiger partial charge in [0.25, 0.3) is 5.78 Å². The monoisotopic (exact) mass is 647 g/mol. The summed E-state index contributed by atoms with van der Waals surface area (Å²) in [6, 6.07) is 14.4. The fourth-order valence-corrected chi connectivity index (χ4v) is 6.01. The van der Waals surface area contributed by atoms with Crippen molar-refractivity contribution in [2.24, 2.45) is 0 Å². The molecule has 2 amide bonds. The van der Waals surface area contributed by atoms with Gasteiger partial charge in [-0.1, -0.05) is 59.6 Å². The highest BCUT2D eigenvalue weighted by atomic mass is 35.5. The van der Waals surface area contributed by atoms with Gasteiger partial charge in [-0.15, -0.1) is 5.10 Å². The smallest absolute Gasteiger partial charge is 0.407 e. The summed E-state index contributed by atoms with van der Waals surface area (Å²) in [5.41, 5.74) is 4.50. The van der Waals surface area contributed by atoms with Crippen LogP contribution in [0.15, 0.2) is 60.9 Å². The Bertz CT molecular complexity index is 1930. The predicted molar refractivity (Wildman–Crippen MR) is 167 cm³/mol. The van der Waals surface area contributed by atoms with Crippen LogP contribution in [-0.2, 0) is 17.9 Å². The molecule has 5 aromatic rings. The molecule has 1 atom stereocenters. The van der Waals surface area contributed by atoms with Crippen molar-refractivity contribution < 1.29 is 24.5 Å². The van der Waals surface area contributed by atoms with Crippen LogP contribution in [0.3, 0.4) is 0 Å². The molecule has 1 aliphatic heterocycles. The van der Waals surface area contributed by atoms with E-state index in [1.165, 1.54) is 16.5 Å². The summed E-state index contributed by atoms with van der Waals surface area (Å²) in [6.45, 7) is -0.105. The highest BCUT2D eigenvalue weighted by Crippen LogP contribution is 2.42. The van der Waals surface area contributed by atoms with Gasteiger partial charge in [-0.2, -0.15) is 4.98 Å². The number of fused-ring (bicyclic) bond motifs is 1. The van der Waals surface area contributed by atoms with Gasteiger partial charge in [0.1, 0.15) is 6.61 Å². The van der Waals surface area contributed by atoms with E-state index in [0.29, 0.717) is 67.7 Å². The van der Waals surface area contributed by atoms with Gasteiger partial charge in [-0.25, -0.2) is 19.3 Å². The first-order valence-corrected chi connectivity index (χ1v) is 14.7. The van der Waals surface area contributed by atoms with Crippen LogP contribution in [0.2, 0.25) is 10.0 Å². The molecule has 1 saturated heterocycles. The molecule has 0 saturated carbocycles. The van der Waals surface area contributed by atoms with Gasteiger partial charge in [0.15, 0.2) is 5.82 Å². The second kappa shape index (κ2) is 12.7. The lowest BCUT2D eigenvalue weighted by molar-refractivity contribution is -0.119. The molecule has 0 spiro atoms. The zero-order valence-electron chi connectivity index (χ0n) is 23.9. The first-order valence-electron chi connectivity index (χ1n) is 14.0. The number of ether oxygens (including phenoxy) is 1. The SMILES string of the molecule is COc1nc(-c2cccc(-c3cccc(-c4cnc5nc(CO)nn5c4)c3Cl)c2Cl)ccc1CN(C[C@@H]1CCC(=O)N1)C(=O)O. The Labute approximate surface area is 267 Å². The number of benzene rings is 2. The van der Waals surface area contributed by atoms with Crippen molar-refractivity contribution >= 4 is 41.0 Å².